The Morgan fingerprint density at radius 3 is 2.53 bits per heavy atom. The van der Waals surface area contributed by atoms with Crippen LogP contribution < -0.4 is 49.5 Å². The summed E-state index contributed by atoms with van der Waals surface area (Å²) in [6, 6.07) is 15.3. The van der Waals surface area contributed by atoms with E-state index in [-0.39, 0.29) is 47.1 Å². The molecule has 2 unspecified atom stereocenters. The first-order valence-corrected chi connectivity index (χ1v) is 12.1. The number of carbonyl (C=O) groups excluding carboxylic acids is 2. The summed E-state index contributed by atoms with van der Waals surface area (Å²) in [7, 11) is 0. The minimum Gasteiger partial charge on any atom is -0.549 e. The number of benzene rings is 3. The van der Waals surface area contributed by atoms with Crippen LogP contribution in [0.5, 0.6) is 17.2 Å². The molecule has 1 heterocycles. The summed E-state index contributed by atoms with van der Waals surface area (Å²) in [4.78, 5) is 24.2. The van der Waals surface area contributed by atoms with Crippen molar-refractivity contribution in [1.82, 2.24) is 5.32 Å². The molecular formula is C26H21Cl3NNaO5. The maximum Gasteiger partial charge on any atom is 1.00 e. The van der Waals surface area contributed by atoms with Gasteiger partial charge in [-0.1, -0.05) is 46.9 Å². The number of carbonyl (C=O) groups is 2. The molecule has 3 aromatic rings. The first-order chi connectivity index (χ1) is 16.7. The fourth-order valence-corrected chi connectivity index (χ4v) is 4.51. The van der Waals surface area contributed by atoms with Gasteiger partial charge in [-0.25, -0.2) is 0 Å². The van der Waals surface area contributed by atoms with E-state index in [0.717, 1.165) is 5.56 Å². The second-order valence-corrected chi connectivity index (χ2v) is 9.55. The number of hydrogen-bond acceptors (Lipinski definition) is 5. The van der Waals surface area contributed by atoms with E-state index in [9.17, 15) is 14.7 Å². The van der Waals surface area contributed by atoms with Crippen LogP contribution in [0, 0.1) is 6.92 Å². The standard InChI is InChI=1S/C26H22Cl3NO5.Na/c1-14-10-17(35-23-13-22-20(12-21(23)28)19(26(32)33)8-9-34-22)6-7-18(14)25(31)30-24(29)11-15-2-4-16(27)5-3-15;/h2-7,10,12-13,19,24H,8-9,11H2,1H3,(H,30,31)(H,32,33);/q;+1/p-1. The van der Waals surface area contributed by atoms with Crippen molar-refractivity contribution < 1.29 is 53.7 Å². The molecule has 0 radical (unpaired) electrons. The predicted octanol–water partition coefficient (Wildman–Crippen LogP) is 2.25. The Hall–Kier alpha value is -1.93. The SMILES string of the molecule is Cc1cc(Oc2cc3c(cc2Cl)C(C(=O)[O-])CCO3)ccc1C(=O)NC(Cl)Cc1ccc(Cl)cc1.[Na+]. The Morgan fingerprint density at radius 2 is 1.86 bits per heavy atom. The third kappa shape index (κ3) is 6.88. The molecule has 4 rings (SSSR count). The van der Waals surface area contributed by atoms with Gasteiger partial charge in [-0.2, -0.15) is 0 Å². The number of aryl methyl sites for hydroxylation is 1. The molecule has 0 bridgehead atoms. The molecule has 0 aliphatic carbocycles. The van der Waals surface area contributed by atoms with Gasteiger partial charge in [0, 0.05) is 40.5 Å². The average molecular weight is 557 g/mol. The minimum atomic E-state index is -1.17. The summed E-state index contributed by atoms with van der Waals surface area (Å²) in [6.45, 7) is 2.04. The molecule has 2 atom stereocenters. The Morgan fingerprint density at radius 1 is 1.14 bits per heavy atom. The van der Waals surface area contributed by atoms with Crippen LogP contribution in [0.1, 0.15) is 39.4 Å². The van der Waals surface area contributed by atoms with E-state index in [1.807, 2.05) is 12.1 Å². The van der Waals surface area contributed by atoms with Crippen molar-refractivity contribution in [3.63, 3.8) is 0 Å². The van der Waals surface area contributed by atoms with Gasteiger partial charge >= 0.3 is 29.6 Å². The number of rotatable bonds is 7. The van der Waals surface area contributed by atoms with E-state index in [1.54, 1.807) is 43.3 Å². The summed E-state index contributed by atoms with van der Waals surface area (Å²) < 4.78 is 11.5. The molecule has 36 heavy (non-hydrogen) atoms. The van der Waals surface area contributed by atoms with Crippen molar-refractivity contribution in [2.24, 2.45) is 0 Å². The van der Waals surface area contributed by atoms with Gasteiger partial charge < -0.3 is 24.7 Å². The zero-order valence-electron chi connectivity index (χ0n) is 19.6. The van der Waals surface area contributed by atoms with Gasteiger partial charge in [-0.15, -0.1) is 0 Å². The van der Waals surface area contributed by atoms with Crippen LogP contribution in [-0.4, -0.2) is 24.0 Å². The Labute approximate surface area is 246 Å². The quantitative estimate of drug-likeness (QED) is 0.274. The molecule has 0 saturated carbocycles. The van der Waals surface area contributed by atoms with Gasteiger partial charge in [0.2, 0.25) is 0 Å². The fourth-order valence-electron chi connectivity index (χ4n) is 3.89. The Balaban J connectivity index is 0.00000361. The topological polar surface area (TPSA) is 87.7 Å². The number of fused-ring (bicyclic) bond motifs is 1. The summed E-state index contributed by atoms with van der Waals surface area (Å²) >= 11 is 18.6. The summed E-state index contributed by atoms with van der Waals surface area (Å²) in [5.74, 6) is -1.10. The van der Waals surface area contributed by atoms with Crippen molar-refractivity contribution in [2.75, 3.05) is 6.61 Å². The first kappa shape index (κ1) is 28.6. The van der Waals surface area contributed by atoms with Crippen LogP contribution in [0.4, 0.5) is 0 Å². The fraction of sp³-hybridized carbons (Fsp3) is 0.231. The number of carboxylic acid groups (broad SMARTS) is 1. The van der Waals surface area contributed by atoms with Crippen LogP contribution in [-0.2, 0) is 11.2 Å². The molecule has 0 aromatic heterocycles. The molecule has 0 spiro atoms. The Kier molecular flexibility index (Phi) is 9.98. The van der Waals surface area contributed by atoms with Gasteiger partial charge in [0.1, 0.15) is 22.7 Å². The van der Waals surface area contributed by atoms with E-state index < -0.39 is 17.4 Å². The number of ether oxygens (including phenoxy) is 2. The van der Waals surface area contributed by atoms with Crippen molar-refractivity contribution in [3.05, 3.63) is 86.9 Å². The smallest absolute Gasteiger partial charge is 0.549 e. The number of carboxylic acids is 1. The van der Waals surface area contributed by atoms with Crippen LogP contribution in [0.2, 0.25) is 10.0 Å². The molecule has 1 aliphatic rings. The molecule has 1 N–H and O–H groups in total. The number of nitrogens with one attached hydrogen (secondary N) is 1. The van der Waals surface area contributed by atoms with E-state index in [1.165, 1.54) is 6.07 Å². The molecule has 0 saturated heterocycles. The normalized spacial score (nSPS) is 15.1. The van der Waals surface area contributed by atoms with Crippen molar-refractivity contribution in [3.8, 4) is 17.2 Å². The van der Waals surface area contributed by atoms with Crippen molar-refractivity contribution in [1.29, 1.82) is 0 Å². The molecule has 3 aromatic carbocycles. The summed E-state index contributed by atoms with van der Waals surface area (Å²) in [6.07, 6.45) is 0.764. The van der Waals surface area contributed by atoms with Crippen LogP contribution in [0.15, 0.2) is 54.6 Å². The van der Waals surface area contributed by atoms with Crippen LogP contribution in [0.25, 0.3) is 0 Å². The van der Waals surface area contributed by atoms with Gasteiger partial charge in [0.05, 0.1) is 11.6 Å². The van der Waals surface area contributed by atoms with E-state index in [2.05, 4.69) is 5.32 Å². The number of amides is 1. The van der Waals surface area contributed by atoms with Gasteiger partial charge in [0.25, 0.3) is 5.91 Å². The molecule has 6 nitrogen and oxygen atoms in total. The molecule has 182 valence electrons. The maximum absolute atomic E-state index is 12.7. The number of aliphatic carboxylic acids is 1. The van der Waals surface area contributed by atoms with Gasteiger partial charge in [0.15, 0.2) is 0 Å². The monoisotopic (exact) mass is 555 g/mol. The maximum atomic E-state index is 12.7. The zero-order chi connectivity index (χ0) is 25.1. The average Bonchev–Trinajstić information content (AvgIpc) is 2.80. The largest absolute Gasteiger partial charge is 1.00 e. The first-order valence-electron chi connectivity index (χ1n) is 10.9. The number of hydrogen-bond donors (Lipinski definition) is 1. The van der Waals surface area contributed by atoms with Crippen molar-refractivity contribution in [2.45, 2.75) is 31.2 Å². The van der Waals surface area contributed by atoms with Crippen LogP contribution >= 0.6 is 34.8 Å². The molecular weight excluding hydrogens is 536 g/mol. The number of alkyl halides is 1. The third-order valence-corrected chi connectivity index (χ3v) is 6.49. The second kappa shape index (κ2) is 12.5. The third-order valence-electron chi connectivity index (χ3n) is 5.67. The number of halogens is 3. The van der Waals surface area contributed by atoms with Gasteiger partial charge in [-0.05, 0) is 60.9 Å². The molecule has 10 heteroatoms. The molecule has 0 fully saturated rings. The van der Waals surface area contributed by atoms with E-state index in [4.69, 9.17) is 44.3 Å². The molecule has 1 aliphatic heterocycles. The minimum absolute atomic E-state index is 0. The summed E-state index contributed by atoms with van der Waals surface area (Å²) in [5.41, 5.74) is 1.95. The summed E-state index contributed by atoms with van der Waals surface area (Å²) in [5, 5.41) is 15.1. The van der Waals surface area contributed by atoms with Crippen molar-refractivity contribution >= 4 is 46.7 Å². The van der Waals surface area contributed by atoms with E-state index in [0.29, 0.717) is 51.8 Å². The van der Waals surface area contributed by atoms with Crippen LogP contribution in [0.3, 0.4) is 0 Å². The molecule has 1 amide bonds. The Bertz CT molecular complexity index is 1270. The van der Waals surface area contributed by atoms with Gasteiger partial charge in [-0.3, -0.25) is 4.79 Å². The van der Waals surface area contributed by atoms with E-state index >= 15 is 0 Å². The predicted molar refractivity (Wildman–Crippen MR) is 133 cm³/mol. The zero-order valence-corrected chi connectivity index (χ0v) is 23.9. The second-order valence-electron chi connectivity index (χ2n) is 8.18.